The average molecular weight is 331 g/mol. The van der Waals surface area contributed by atoms with Crippen molar-refractivity contribution in [3.8, 4) is 11.4 Å². The molecule has 0 spiro atoms. The Morgan fingerprint density at radius 3 is 2.76 bits per heavy atom. The minimum atomic E-state index is -0.224. The van der Waals surface area contributed by atoms with Gasteiger partial charge in [0.15, 0.2) is 5.82 Å². The molecule has 124 valence electrons. The highest BCUT2D eigenvalue weighted by Crippen LogP contribution is 2.29. The van der Waals surface area contributed by atoms with Crippen LogP contribution in [-0.2, 0) is 6.42 Å². The summed E-state index contributed by atoms with van der Waals surface area (Å²) in [5, 5.41) is 3.03. The van der Waals surface area contributed by atoms with E-state index in [9.17, 15) is 4.79 Å². The smallest absolute Gasteiger partial charge is 0.271 e. The van der Waals surface area contributed by atoms with Crippen LogP contribution in [0.2, 0.25) is 0 Å². The fourth-order valence-corrected chi connectivity index (χ4v) is 3.07. The molecule has 2 heterocycles. The molecular formula is C19H17N5O. The summed E-state index contributed by atoms with van der Waals surface area (Å²) in [6.07, 6.45) is 9.11. The number of aryl methyl sites for hydroxylation is 1. The lowest BCUT2D eigenvalue weighted by Gasteiger charge is -2.25. The van der Waals surface area contributed by atoms with E-state index in [1.807, 2.05) is 36.5 Å². The fourth-order valence-electron chi connectivity index (χ4n) is 3.07. The minimum Gasteiger partial charge on any atom is -0.344 e. The Hall–Kier alpha value is -3.15. The molecule has 0 aliphatic heterocycles. The Morgan fingerprint density at radius 2 is 1.96 bits per heavy atom. The summed E-state index contributed by atoms with van der Waals surface area (Å²) >= 11 is 0. The first-order valence-corrected chi connectivity index (χ1v) is 8.29. The largest absolute Gasteiger partial charge is 0.344 e. The SMILES string of the molecule is O=C(NC1CCCc2nc(-c3ccccc3)ncc21)c1cnccn1. The van der Waals surface area contributed by atoms with Gasteiger partial charge in [0.2, 0.25) is 0 Å². The molecule has 0 saturated heterocycles. The molecule has 1 amide bonds. The summed E-state index contributed by atoms with van der Waals surface area (Å²) in [5.74, 6) is 0.498. The lowest BCUT2D eigenvalue weighted by molar-refractivity contribution is 0.0927. The second-order valence-electron chi connectivity index (χ2n) is 5.97. The third kappa shape index (κ3) is 3.24. The van der Waals surface area contributed by atoms with E-state index in [4.69, 9.17) is 4.98 Å². The van der Waals surface area contributed by atoms with Crippen LogP contribution in [0.1, 0.15) is 40.6 Å². The van der Waals surface area contributed by atoms with E-state index in [2.05, 4.69) is 20.3 Å². The molecule has 1 atom stereocenters. The van der Waals surface area contributed by atoms with Gasteiger partial charge in [-0.15, -0.1) is 0 Å². The van der Waals surface area contributed by atoms with Gasteiger partial charge in [-0.05, 0) is 19.3 Å². The van der Waals surface area contributed by atoms with Gasteiger partial charge in [-0.3, -0.25) is 9.78 Å². The molecule has 1 aromatic carbocycles. The zero-order valence-electron chi connectivity index (χ0n) is 13.6. The van der Waals surface area contributed by atoms with Crippen LogP contribution in [0, 0.1) is 0 Å². The summed E-state index contributed by atoms with van der Waals surface area (Å²) in [6.45, 7) is 0. The number of aromatic nitrogens is 4. The zero-order chi connectivity index (χ0) is 17.1. The summed E-state index contributed by atoms with van der Waals surface area (Å²) in [6, 6.07) is 9.82. The van der Waals surface area contributed by atoms with Crippen LogP contribution in [0.3, 0.4) is 0 Å². The van der Waals surface area contributed by atoms with Crippen LogP contribution in [0.15, 0.2) is 55.1 Å². The van der Waals surface area contributed by atoms with Crippen molar-refractivity contribution in [1.29, 1.82) is 0 Å². The van der Waals surface area contributed by atoms with Gasteiger partial charge >= 0.3 is 0 Å². The lowest BCUT2D eigenvalue weighted by atomic mass is 9.92. The second-order valence-corrected chi connectivity index (χ2v) is 5.97. The number of hydrogen-bond donors (Lipinski definition) is 1. The molecule has 25 heavy (non-hydrogen) atoms. The molecule has 0 radical (unpaired) electrons. The van der Waals surface area contributed by atoms with E-state index in [0.717, 1.165) is 41.9 Å². The Balaban J connectivity index is 1.59. The number of rotatable bonds is 3. The molecule has 6 nitrogen and oxygen atoms in total. The molecule has 1 unspecified atom stereocenters. The number of nitrogens with one attached hydrogen (secondary N) is 1. The second kappa shape index (κ2) is 6.76. The number of nitrogens with zero attached hydrogens (tertiary/aromatic N) is 4. The van der Waals surface area contributed by atoms with Crippen LogP contribution >= 0.6 is 0 Å². The average Bonchev–Trinajstić information content (AvgIpc) is 2.69. The molecular weight excluding hydrogens is 314 g/mol. The van der Waals surface area contributed by atoms with E-state index in [0.29, 0.717) is 5.69 Å². The number of hydrogen-bond acceptors (Lipinski definition) is 5. The lowest BCUT2D eigenvalue weighted by Crippen LogP contribution is -2.32. The van der Waals surface area contributed by atoms with Crippen molar-refractivity contribution in [3.63, 3.8) is 0 Å². The van der Waals surface area contributed by atoms with Gasteiger partial charge < -0.3 is 5.32 Å². The monoisotopic (exact) mass is 331 g/mol. The molecule has 0 fully saturated rings. The molecule has 1 N–H and O–H groups in total. The van der Waals surface area contributed by atoms with Crippen LogP contribution in [0.25, 0.3) is 11.4 Å². The summed E-state index contributed by atoms with van der Waals surface area (Å²) in [7, 11) is 0. The number of carbonyl (C=O) groups excluding carboxylic acids is 1. The maximum atomic E-state index is 12.4. The topological polar surface area (TPSA) is 80.7 Å². The number of benzene rings is 1. The van der Waals surface area contributed by atoms with Gasteiger partial charge in [-0.25, -0.2) is 15.0 Å². The number of fused-ring (bicyclic) bond motifs is 1. The Bertz CT molecular complexity index is 883. The summed E-state index contributed by atoms with van der Waals surface area (Å²) < 4.78 is 0. The van der Waals surface area contributed by atoms with Crippen molar-refractivity contribution in [1.82, 2.24) is 25.3 Å². The van der Waals surface area contributed by atoms with E-state index in [-0.39, 0.29) is 11.9 Å². The third-order valence-corrected chi connectivity index (χ3v) is 4.31. The van der Waals surface area contributed by atoms with Gasteiger partial charge in [0, 0.05) is 35.4 Å². The third-order valence-electron chi connectivity index (χ3n) is 4.31. The zero-order valence-corrected chi connectivity index (χ0v) is 13.6. The van der Waals surface area contributed by atoms with Crippen LogP contribution in [-0.4, -0.2) is 25.8 Å². The van der Waals surface area contributed by atoms with E-state index in [1.165, 1.54) is 12.4 Å². The molecule has 0 bridgehead atoms. The summed E-state index contributed by atoms with van der Waals surface area (Å²) in [4.78, 5) is 29.6. The quantitative estimate of drug-likeness (QED) is 0.798. The predicted octanol–water partition coefficient (Wildman–Crippen LogP) is 2.74. The first-order valence-electron chi connectivity index (χ1n) is 8.29. The van der Waals surface area contributed by atoms with Crippen LogP contribution in [0.5, 0.6) is 0 Å². The maximum absolute atomic E-state index is 12.4. The molecule has 6 heteroatoms. The standard InChI is InChI=1S/C19H17N5O/c25-19(17-12-20-9-10-21-17)24-16-8-4-7-15-14(16)11-22-18(23-15)13-5-2-1-3-6-13/h1-3,5-6,9-12,16H,4,7-8H2,(H,24,25). The predicted molar refractivity (Wildman–Crippen MR) is 92.6 cm³/mol. The highest BCUT2D eigenvalue weighted by molar-refractivity contribution is 5.92. The molecule has 0 saturated carbocycles. The normalized spacial score (nSPS) is 16.1. The van der Waals surface area contributed by atoms with Crippen molar-refractivity contribution in [2.45, 2.75) is 25.3 Å². The molecule has 3 aromatic rings. The number of amides is 1. The highest BCUT2D eigenvalue weighted by Gasteiger charge is 2.24. The molecule has 4 rings (SSSR count). The Labute approximate surface area is 145 Å². The Kier molecular flexibility index (Phi) is 4.16. The minimum absolute atomic E-state index is 0.0944. The number of carbonyl (C=O) groups is 1. The summed E-state index contributed by atoms with van der Waals surface area (Å²) in [5.41, 5.74) is 3.31. The van der Waals surface area contributed by atoms with Crippen molar-refractivity contribution >= 4 is 5.91 Å². The fraction of sp³-hybridized carbons (Fsp3) is 0.211. The first kappa shape index (κ1) is 15.4. The maximum Gasteiger partial charge on any atom is 0.271 e. The molecule has 2 aromatic heterocycles. The Morgan fingerprint density at radius 1 is 1.08 bits per heavy atom. The van der Waals surface area contributed by atoms with E-state index < -0.39 is 0 Å². The van der Waals surface area contributed by atoms with Crippen molar-refractivity contribution in [3.05, 3.63) is 72.1 Å². The van der Waals surface area contributed by atoms with Crippen LogP contribution in [0.4, 0.5) is 0 Å². The van der Waals surface area contributed by atoms with Crippen LogP contribution < -0.4 is 5.32 Å². The first-order chi connectivity index (χ1) is 12.3. The van der Waals surface area contributed by atoms with Gasteiger partial charge in [0.05, 0.1) is 12.2 Å². The van der Waals surface area contributed by atoms with E-state index in [1.54, 1.807) is 6.20 Å². The van der Waals surface area contributed by atoms with Crippen molar-refractivity contribution in [2.75, 3.05) is 0 Å². The molecule has 1 aliphatic rings. The van der Waals surface area contributed by atoms with Gasteiger partial charge in [0.1, 0.15) is 5.69 Å². The van der Waals surface area contributed by atoms with E-state index >= 15 is 0 Å². The molecule has 1 aliphatic carbocycles. The van der Waals surface area contributed by atoms with Gasteiger partial charge in [-0.1, -0.05) is 30.3 Å². The van der Waals surface area contributed by atoms with Crippen molar-refractivity contribution < 1.29 is 4.79 Å². The van der Waals surface area contributed by atoms with Gasteiger partial charge in [0.25, 0.3) is 5.91 Å². The highest BCUT2D eigenvalue weighted by atomic mass is 16.1. The van der Waals surface area contributed by atoms with Crippen molar-refractivity contribution in [2.24, 2.45) is 0 Å². The van der Waals surface area contributed by atoms with Gasteiger partial charge in [-0.2, -0.15) is 0 Å².